The van der Waals surface area contributed by atoms with Crippen molar-refractivity contribution in [1.29, 1.82) is 0 Å². The van der Waals surface area contributed by atoms with Crippen molar-refractivity contribution in [3.05, 3.63) is 77.3 Å². The summed E-state index contributed by atoms with van der Waals surface area (Å²) in [4.78, 5) is 3.53. The Morgan fingerprint density at radius 3 is 2.71 bits per heavy atom. The summed E-state index contributed by atoms with van der Waals surface area (Å²) in [5.74, 6) is -0.236. The van der Waals surface area contributed by atoms with Crippen molar-refractivity contribution < 1.29 is 14.9 Å². The van der Waals surface area contributed by atoms with Gasteiger partial charge in [-0.3, -0.25) is 0 Å². The molecular formula is C23H21NO3S. The van der Waals surface area contributed by atoms with Gasteiger partial charge < -0.3 is 19.8 Å². The fraction of sp³-hybridized carbons (Fsp3) is 0.130. The van der Waals surface area contributed by atoms with E-state index in [1.807, 2.05) is 12.2 Å². The van der Waals surface area contributed by atoms with E-state index in [9.17, 15) is 10.2 Å². The van der Waals surface area contributed by atoms with E-state index in [2.05, 4.69) is 47.4 Å². The number of allylic oxidation sites excluding steroid dienone is 2. The van der Waals surface area contributed by atoms with E-state index in [-0.39, 0.29) is 11.5 Å². The van der Waals surface area contributed by atoms with Crippen LogP contribution in [0.3, 0.4) is 0 Å². The maximum Gasteiger partial charge on any atom is 0.157 e. The lowest BCUT2D eigenvalue weighted by Crippen LogP contribution is -2.22. The molecule has 5 heteroatoms. The third kappa shape index (κ3) is 3.59. The molecule has 0 aromatic heterocycles. The van der Waals surface area contributed by atoms with E-state index < -0.39 is 0 Å². The second kappa shape index (κ2) is 8.00. The molecule has 4 nitrogen and oxygen atoms in total. The highest BCUT2D eigenvalue weighted by molar-refractivity contribution is 8.04. The van der Waals surface area contributed by atoms with Crippen LogP contribution < -0.4 is 4.90 Å². The number of phenols is 2. The van der Waals surface area contributed by atoms with Crippen molar-refractivity contribution in [2.75, 3.05) is 25.2 Å². The average molecular weight is 391 g/mol. The molecule has 4 rings (SSSR count). The lowest BCUT2D eigenvalue weighted by atomic mass is 10.1. The summed E-state index contributed by atoms with van der Waals surface area (Å²) in [5.41, 5.74) is 2.02. The third-order valence-corrected chi connectivity index (χ3v) is 5.87. The van der Waals surface area contributed by atoms with E-state index in [1.165, 1.54) is 33.5 Å². The lowest BCUT2D eigenvalue weighted by molar-refractivity contribution is 0.207. The Labute approximate surface area is 168 Å². The van der Waals surface area contributed by atoms with Crippen molar-refractivity contribution in [2.24, 2.45) is 0 Å². The van der Waals surface area contributed by atoms with Crippen LogP contribution in [0, 0.1) is 0 Å². The molecule has 1 heterocycles. The number of aromatic hydroxyl groups is 2. The number of hydrogen-bond donors (Lipinski definition) is 2. The highest BCUT2D eigenvalue weighted by Crippen LogP contribution is 2.49. The Balaban J connectivity index is 1.66. The summed E-state index contributed by atoms with van der Waals surface area (Å²) in [5, 5.41) is 22.7. The van der Waals surface area contributed by atoms with Gasteiger partial charge in [0, 0.05) is 18.6 Å². The Hall–Kier alpha value is -2.89. The van der Waals surface area contributed by atoms with Crippen molar-refractivity contribution in [3.8, 4) is 11.5 Å². The molecule has 1 aliphatic rings. The second-order valence-electron chi connectivity index (χ2n) is 6.49. The molecule has 3 aromatic rings. The predicted molar refractivity (Wildman–Crippen MR) is 116 cm³/mol. The van der Waals surface area contributed by atoms with Gasteiger partial charge in [0.05, 0.1) is 17.3 Å². The average Bonchev–Trinajstić information content (AvgIpc) is 3.07. The molecular weight excluding hydrogens is 370 g/mol. The molecule has 0 fully saturated rings. The molecule has 0 saturated carbocycles. The van der Waals surface area contributed by atoms with Gasteiger partial charge in [0.2, 0.25) is 0 Å². The lowest BCUT2D eigenvalue weighted by Gasteiger charge is -2.19. The second-order valence-corrected chi connectivity index (χ2v) is 7.52. The summed E-state index contributed by atoms with van der Waals surface area (Å²) in [6.07, 6.45) is 5.93. The fourth-order valence-electron chi connectivity index (χ4n) is 3.25. The van der Waals surface area contributed by atoms with Crippen LogP contribution in [0.2, 0.25) is 0 Å². The molecule has 0 bridgehead atoms. The Kier molecular flexibility index (Phi) is 5.28. The van der Waals surface area contributed by atoms with Gasteiger partial charge >= 0.3 is 0 Å². The van der Waals surface area contributed by atoms with Crippen LogP contribution in [0.4, 0.5) is 5.69 Å². The van der Waals surface area contributed by atoms with Gasteiger partial charge in [-0.25, -0.2) is 0 Å². The number of thioether (sulfide) groups is 1. The number of ether oxygens (including phenoxy) is 1. The summed E-state index contributed by atoms with van der Waals surface area (Å²) >= 11 is 1.76. The van der Waals surface area contributed by atoms with Gasteiger partial charge in [0.25, 0.3) is 0 Å². The Morgan fingerprint density at radius 1 is 1.04 bits per heavy atom. The first-order chi connectivity index (χ1) is 13.7. The van der Waals surface area contributed by atoms with E-state index in [0.29, 0.717) is 6.61 Å². The van der Waals surface area contributed by atoms with Crippen LogP contribution in [-0.4, -0.2) is 30.5 Å². The van der Waals surface area contributed by atoms with Crippen LogP contribution in [0.1, 0.15) is 5.56 Å². The molecule has 0 saturated heterocycles. The molecule has 0 radical (unpaired) electrons. The molecule has 0 atom stereocenters. The van der Waals surface area contributed by atoms with E-state index in [0.717, 1.165) is 17.1 Å². The number of rotatable bonds is 5. The van der Waals surface area contributed by atoms with E-state index >= 15 is 0 Å². The maximum absolute atomic E-state index is 9.64. The van der Waals surface area contributed by atoms with Crippen LogP contribution in [0.15, 0.2) is 76.7 Å². The first-order valence-corrected chi connectivity index (χ1v) is 9.85. The van der Waals surface area contributed by atoms with Gasteiger partial charge in [0.1, 0.15) is 0 Å². The normalized spacial score (nSPS) is 15.0. The van der Waals surface area contributed by atoms with Gasteiger partial charge in [-0.1, -0.05) is 60.3 Å². The molecule has 28 heavy (non-hydrogen) atoms. The van der Waals surface area contributed by atoms with Crippen molar-refractivity contribution in [1.82, 2.24) is 0 Å². The highest BCUT2D eigenvalue weighted by atomic mass is 32.2. The number of nitrogens with zero attached hydrogens (tertiary/aromatic N) is 1. The Morgan fingerprint density at radius 2 is 1.89 bits per heavy atom. The van der Waals surface area contributed by atoms with Crippen LogP contribution in [0.25, 0.3) is 16.8 Å². The zero-order valence-corrected chi connectivity index (χ0v) is 16.3. The molecule has 0 spiro atoms. The number of methoxy groups -OCH3 is 1. The van der Waals surface area contributed by atoms with Crippen LogP contribution >= 0.6 is 11.8 Å². The largest absolute Gasteiger partial charge is 0.504 e. The van der Waals surface area contributed by atoms with Crippen LogP contribution in [0.5, 0.6) is 11.5 Å². The molecule has 0 amide bonds. The Bertz CT molecular complexity index is 1070. The van der Waals surface area contributed by atoms with Gasteiger partial charge in [-0.15, -0.1) is 0 Å². The minimum atomic E-state index is -0.120. The minimum Gasteiger partial charge on any atom is -0.504 e. The first-order valence-electron chi connectivity index (χ1n) is 9.04. The van der Waals surface area contributed by atoms with Crippen LogP contribution in [-0.2, 0) is 4.74 Å². The summed E-state index contributed by atoms with van der Waals surface area (Å²) in [6, 6.07) is 17.5. The summed E-state index contributed by atoms with van der Waals surface area (Å²) in [6.45, 7) is 1.41. The van der Waals surface area contributed by atoms with Crippen molar-refractivity contribution >= 4 is 34.3 Å². The van der Waals surface area contributed by atoms with Crippen molar-refractivity contribution in [2.45, 2.75) is 4.90 Å². The minimum absolute atomic E-state index is 0.116. The monoisotopic (exact) mass is 391 g/mol. The number of benzene rings is 3. The van der Waals surface area contributed by atoms with E-state index in [1.54, 1.807) is 24.9 Å². The van der Waals surface area contributed by atoms with E-state index in [4.69, 9.17) is 4.74 Å². The van der Waals surface area contributed by atoms with Gasteiger partial charge in [-0.2, -0.15) is 0 Å². The molecule has 3 aromatic carbocycles. The third-order valence-electron chi connectivity index (χ3n) is 4.67. The quantitative estimate of drug-likeness (QED) is 0.573. The highest BCUT2D eigenvalue weighted by Gasteiger charge is 2.26. The SMILES string of the molecule is COCCN1/C(=C/C=C/c2ccc(O)c(O)c2)Sc2c1ccc1ccccc21. The predicted octanol–water partition coefficient (Wildman–Crippen LogP) is 5.36. The molecule has 0 unspecified atom stereocenters. The molecule has 2 N–H and O–H groups in total. The van der Waals surface area contributed by atoms with Gasteiger partial charge in [-0.05, 0) is 40.6 Å². The van der Waals surface area contributed by atoms with Gasteiger partial charge in [0.15, 0.2) is 11.5 Å². The number of phenolic OH excluding ortho intramolecular Hbond substituents is 2. The maximum atomic E-state index is 9.64. The topological polar surface area (TPSA) is 52.9 Å². The zero-order chi connectivity index (χ0) is 19.5. The summed E-state index contributed by atoms with van der Waals surface area (Å²) < 4.78 is 5.31. The first kappa shape index (κ1) is 18.5. The molecule has 0 aliphatic carbocycles. The number of fused-ring (bicyclic) bond motifs is 3. The molecule has 1 aliphatic heterocycles. The summed E-state index contributed by atoms with van der Waals surface area (Å²) in [7, 11) is 1.71. The smallest absolute Gasteiger partial charge is 0.157 e. The fourth-order valence-corrected chi connectivity index (χ4v) is 4.49. The van der Waals surface area contributed by atoms with Crippen molar-refractivity contribution in [3.63, 3.8) is 0 Å². The number of hydrogen-bond acceptors (Lipinski definition) is 5. The standard InChI is InChI=1S/C23H21NO3S/c1-27-14-13-24-19-11-10-17-6-2-3-7-18(17)23(19)28-22(24)8-4-5-16-9-12-20(25)21(26)15-16/h2-12,15,25-26H,13-14H2,1H3/b5-4+,22-8-. The zero-order valence-electron chi connectivity index (χ0n) is 15.5. The number of anilines is 1. The molecule has 142 valence electrons.